The van der Waals surface area contributed by atoms with E-state index < -0.39 is 0 Å². The summed E-state index contributed by atoms with van der Waals surface area (Å²) in [6.07, 6.45) is 5.56. The Morgan fingerprint density at radius 3 is 2.20 bits per heavy atom. The monoisotopic (exact) mass is 284 g/mol. The molecule has 0 spiro atoms. The Morgan fingerprint density at radius 1 is 1.05 bits per heavy atom. The average molecular weight is 284 g/mol. The van der Waals surface area contributed by atoms with Crippen LogP contribution in [0.2, 0.25) is 0 Å². The average Bonchev–Trinajstić information content (AvgIpc) is 2.89. The fourth-order valence-electron chi connectivity index (χ4n) is 2.52. The Bertz CT molecular complexity index is 213. The molecule has 0 aromatic carbocycles. The molecule has 0 aromatic rings. The maximum absolute atomic E-state index is 5.64. The zero-order chi connectivity index (χ0) is 14.8. The third kappa shape index (κ3) is 8.93. The van der Waals surface area contributed by atoms with Gasteiger partial charge in [0.1, 0.15) is 0 Å². The van der Waals surface area contributed by atoms with Gasteiger partial charge in [0.2, 0.25) is 0 Å². The summed E-state index contributed by atoms with van der Waals surface area (Å²) < 4.78 is 5.64. The molecule has 120 valence electrons. The molecule has 0 saturated carbocycles. The smallest absolute Gasteiger partial charge is 0.0700 e. The standard InChI is InChI=1S/C17H36N2O/c1-15(2)7-10-19(11-8-16(3)4)12-9-18-14-17-6-5-13-20-17/h15-18H,5-14H2,1-4H3. The SMILES string of the molecule is CC(C)CCN(CCNCC1CCCO1)CCC(C)C. The highest BCUT2D eigenvalue weighted by Gasteiger charge is 2.14. The van der Waals surface area contributed by atoms with Gasteiger partial charge in [0, 0.05) is 26.2 Å². The second-order valence-electron chi connectivity index (χ2n) is 7.05. The Morgan fingerprint density at radius 2 is 1.70 bits per heavy atom. The van der Waals surface area contributed by atoms with E-state index in [2.05, 4.69) is 37.9 Å². The first-order valence-electron chi connectivity index (χ1n) is 8.62. The van der Waals surface area contributed by atoms with Crippen molar-refractivity contribution in [3.8, 4) is 0 Å². The first-order chi connectivity index (χ1) is 9.58. The molecule has 20 heavy (non-hydrogen) atoms. The number of hydrogen-bond donors (Lipinski definition) is 1. The summed E-state index contributed by atoms with van der Waals surface area (Å²) in [5, 5.41) is 3.57. The second-order valence-corrected chi connectivity index (χ2v) is 7.05. The van der Waals surface area contributed by atoms with Crippen LogP contribution in [-0.2, 0) is 4.74 Å². The highest BCUT2D eigenvalue weighted by molar-refractivity contribution is 4.69. The zero-order valence-corrected chi connectivity index (χ0v) is 14.2. The van der Waals surface area contributed by atoms with Crippen molar-refractivity contribution in [2.24, 2.45) is 11.8 Å². The largest absolute Gasteiger partial charge is 0.377 e. The lowest BCUT2D eigenvalue weighted by Crippen LogP contribution is -2.37. The lowest BCUT2D eigenvalue weighted by Gasteiger charge is -2.24. The number of ether oxygens (including phenoxy) is 1. The molecule has 0 aliphatic carbocycles. The molecule has 0 aromatic heterocycles. The summed E-state index contributed by atoms with van der Waals surface area (Å²) in [7, 11) is 0. The highest BCUT2D eigenvalue weighted by Crippen LogP contribution is 2.10. The number of hydrogen-bond acceptors (Lipinski definition) is 3. The third-order valence-corrected chi connectivity index (χ3v) is 4.05. The van der Waals surface area contributed by atoms with E-state index in [0.717, 1.165) is 31.5 Å². The van der Waals surface area contributed by atoms with Crippen molar-refractivity contribution in [3.63, 3.8) is 0 Å². The van der Waals surface area contributed by atoms with Gasteiger partial charge < -0.3 is 15.0 Å². The van der Waals surface area contributed by atoms with E-state index in [1.54, 1.807) is 0 Å². The van der Waals surface area contributed by atoms with Crippen LogP contribution in [0.4, 0.5) is 0 Å². The summed E-state index contributed by atoms with van der Waals surface area (Å²) in [4.78, 5) is 2.63. The minimum atomic E-state index is 0.467. The van der Waals surface area contributed by atoms with Crippen LogP contribution in [0.5, 0.6) is 0 Å². The number of nitrogens with zero attached hydrogens (tertiary/aromatic N) is 1. The van der Waals surface area contributed by atoms with Gasteiger partial charge in [0.15, 0.2) is 0 Å². The quantitative estimate of drug-likeness (QED) is 0.590. The Balaban J connectivity index is 2.13. The normalized spacial score (nSPS) is 19.6. The fraction of sp³-hybridized carbons (Fsp3) is 1.00. The van der Waals surface area contributed by atoms with Crippen LogP contribution >= 0.6 is 0 Å². The van der Waals surface area contributed by atoms with Crippen molar-refractivity contribution in [1.29, 1.82) is 0 Å². The Kier molecular flexibility index (Phi) is 9.49. The molecule has 1 aliphatic heterocycles. The van der Waals surface area contributed by atoms with Crippen molar-refractivity contribution < 1.29 is 4.74 Å². The Labute approximate surface area is 126 Å². The summed E-state index contributed by atoms with van der Waals surface area (Å²) in [6, 6.07) is 0. The zero-order valence-electron chi connectivity index (χ0n) is 14.2. The molecule has 3 heteroatoms. The second kappa shape index (κ2) is 10.6. The van der Waals surface area contributed by atoms with E-state index in [-0.39, 0.29) is 0 Å². The lowest BCUT2D eigenvalue weighted by atomic mass is 10.1. The molecule has 1 rings (SSSR count). The molecule has 1 heterocycles. The summed E-state index contributed by atoms with van der Waals surface area (Å²) in [6.45, 7) is 16.0. The van der Waals surface area contributed by atoms with Gasteiger partial charge in [0.05, 0.1) is 6.10 Å². The summed E-state index contributed by atoms with van der Waals surface area (Å²) in [5.41, 5.74) is 0. The molecular weight excluding hydrogens is 248 g/mol. The molecule has 0 amide bonds. The summed E-state index contributed by atoms with van der Waals surface area (Å²) in [5.74, 6) is 1.60. The molecule has 3 nitrogen and oxygen atoms in total. The van der Waals surface area contributed by atoms with Crippen LogP contribution in [0.3, 0.4) is 0 Å². The molecule has 1 unspecified atom stereocenters. The van der Waals surface area contributed by atoms with Crippen LogP contribution < -0.4 is 5.32 Å². The van der Waals surface area contributed by atoms with E-state index >= 15 is 0 Å². The predicted molar refractivity (Wildman–Crippen MR) is 87.2 cm³/mol. The Hall–Kier alpha value is -0.120. The highest BCUT2D eigenvalue weighted by atomic mass is 16.5. The molecule has 1 N–H and O–H groups in total. The number of nitrogens with one attached hydrogen (secondary N) is 1. The van der Waals surface area contributed by atoms with Gasteiger partial charge in [0.25, 0.3) is 0 Å². The minimum absolute atomic E-state index is 0.467. The van der Waals surface area contributed by atoms with Gasteiger partial charge in [-0.15, -0.1) is 0 Å². The molecule has 0 radical (unpaired) electrons. The molecule has 1 atom stereocenters. The minimum Gasteiger partial charge on any atom is -0.377 e. The van der Waals surface area contributed by atoms with Crippen LogP contribution in [-0.4, -0.2) is 50.3 Å². The molecule has 1 fully saturated rings. The van der Waals surface area contributed by atoms with Crippen molar-refractivity contribution in [2.45, 2.75) is 59.5 Å². The molecule has 0 bridgehead atoms. The van der Waals surface area contributed by atoms with Crippen molar-refractivity contribution in [3.05, 3.63) is 0 Å². The van der Waals surface area contributed by atoms with Crippen LogP contribution in [0, 0.1) is 11.8 Å². The van der Waals surface area contributed by atoms with Gasteiger partial charge in [-0.05, 0) is 50.6 Å². The van der Waals surface area contributed by atoms with Gasteiger partial charge >= 0.3 is 0 Å². The van der Waals surface area contributed by atoms with Crippen LogP contribution in [0.1, 0.15) is 53.4 Å². The predicted octanol–water partition coefficient (Wildman–Crippen LogP) is 3.15. The van der Waals surface area contributed by atoms with E-state index in [1.165, 1.54) is 45.3 Å². The van der Waals surface area contributed by atoms with E-state index in [4.69, 9.17) is 4.74 Å². The summed E-state index contributed by atoms with van der Waals surface area (Å²) >= 11 is 0. The van der Waals surface area contributed by atoms with E-state index in [1.807, 2.05) is 0 Å². The third-order valence-electron chi connectivity index (χ3n) is 4.05. The first kappa shape index (κ1) is 17.9. The van der Waals surface area contributed by atoms with Crippen molar-refractivity contribution in [2.75, 3.05) is 39.3 Å². The van der Waals surface area contributed by atoms with Crippen LogP contribution in [0.15, 0.2) is 0 Å². The maximum atomic E-state index is 5.64. The maximum Gasteiger partial charge on any atom is 0.0700 e. The van der Waals surface area contributed by atoms with Crippen LogP contribution in [0.25, 0.3) is 0 Å². The molecule has 1 saturated heterocycles. The van der Waals surface area contributed by atoms with Gasteiger partial charge in [-0.1, -0.05) is 27.7 Å². The topological polar surface area (TPSA) is 24.5 Å². The molecule has 1 aliphatic rings. The van der Waals surface area contributed by atoms with Gasteiger partial charge in [-0.25, -0.2) is 0 Å². The number of rotatable bonds is 11. The van der Waals surface area contributed by atoms with Crippen molar-refractivity contribution >= 4 is 0 Å². The van der Waals surface area contributed by atoms with E-state index in [9.17, 15) is 0 Å². The van der Waals surface area contributed by atoms with E-state index in [0.29, 0.717) is 6.10 Å². The van der Waals surface area contributed by atoms with Gasteiger partial charge in [-0.3, -0.25) is 0 Å². The van der Waals surface area contributed by atoms with Gasteiger partial charge in [-0.2, -0.15) is 0 Å². The fourth-order valence-corrected chi connectivity index (χ4v) is 2.52. The lowest BCUT2D eigenvalue weighted by molar-refractivity contribution is 0.109. The first-order valence-corrected chi connectivity index (χ1v) is 8.62. The molecular formula is C17H36N2O. The van der Waals surface area contributed by atoms with Crippen molar-refractivity contribution in [1.82, 2.24) is 10.2 Å².